The molecule has 0 spiro atoms. The maximum absolute atomic E-state index is 12.4. The third kappa shape index (κ3) is 3.45. The first kappa shape index (κ1) is 14.0. The van der Waals surface area contributed by atoms with Crippen LogP contribution in [0.4, 0.5) is 0 Å². The van der Waals surface area contributed by atoms with Crippen molar-refractivity contribution >= 4 is 11.8 Å². The van der Waals surface area contributed by atoms with Crippen LogP contribution in [0.2, 0.25) is 0 Å². The van der Waals surface area contributed by atoms with Crippen molar-refractivity contribution in [2.75, 3.05) is 6.54 Å². The molecule has 1 fully saturated rings. The average Bonchev–Trinajstić information content (AvgIpc) is 2.58. The van der Waals surface area contributed by atoms with Crippen LogP contribution >= 0.6 is 0 Å². The summed E-state index contributed by atoms with van der Waals surface area (Å²) in [5.74, 6) is -0.0946. The van der Waals surface area contributed by atoms with Crippen LogP contribution < -0.4 is 5.32 Å². The second-order valence-electron chi connectivity index (χ2n) is 6.02. The molecule has 1 N–H and O–H groups in total. The SMILES string of the molecule is CC(=O)NC(C(=O)N1CCC[C@H]1C)C(C)(C)C. The molecule has 17 heavy (non-hydrogen) atoms. The van der Waals surface area contributed by atoms with Gasteiger partial charge in [0.1, 0.15) is 6.04 Å². The lowest BCUT2D eigenvalue weighted by atomic mass is 9.85. The Balaban J connectivity index is 2.83. The first-order valence-electron chi connectivity index (χ1n) is 6.31. The number of likely N-dealkylation sites (tertiary alicyclic amines) is 1. The predicted molar refractivity (Wildman–Crippen MR) is 67.5 cm³/mol. The predicted octanol–water partition coefficient (Wildman–Crippen LogP) is 1.55. The fourth-order valence-electron chi connectivity index (χ4n) is 2.28. The summed E-state index contributed by atoms with van der Waals surface area (Å²) in [4.78, 5) is 25.6. The minimum atomic E-state index is -0.430. The van der Waals surface area contributed by atoms with Crippen LogP contribution in [-0.4, -0.2) is 35.3 Å². The zero-order valence-corrected chi connectivity index (χ0v) is 11.5. The molecule has 1 unspecified atom stereocenters. The zero-order valence-electron chi connectivity index (χ0n) is 11.5. The molecule has 2 atom stereocenters. The van der Waals surface area contributed by atoms with Gasteiger partial charge in [0.15, 0.2) is 0 Å². The molecule has 0 radical (unpaired) electrons. The highest BCUT2D eigenvalue weighted by molar-refractivity contribution is 5.87. The fourth-order valence-corrected chi connectivity index (χ4v) is 2.28. The summed E-state index contributed by atoms with van der Waals surface area (Å²) < 4.78 is 0. The molecule has 1 aliphatic heterocycles. The maximum Gasteiger partial charge on any atom is 0.245 e. The molecular weight excluding hydrogens is 216 g/mol. The Morgan fingerprint density at radius 2 is 1.94 bits per heavy atom. The number of nitrogens with one attached hydrogen (secondary N) is 1. The minimum absolute atomic E-state index is 0.0534. The van der Waals surface area contributed by atoms with Gasteiger partial charge in [0.25, 0.3) is 0 Å². The number of hydrogen-bond donors (Lipinski definition) is 1. The van der Waals surface area contributed by atoms with Gasteiger partial charge in [-0.1, -0.05) is 20.8 Å². The zero-order chi connectivity index (χ0) is 13.2. The largest absolute Gasteiger partial charge is 0.344 e. The number of rotatable bonds is 2. The Morgan fingerprint density at radius 1 is 1.35 bits per heavy atom. The summed E-state index contributed by atoms with van der Waals surface area (Å²) >= 11 is 0. The van der Waals surface area contributed by atoms with Crippen LogP contribution in [0, 0.1) is 5.41 Å². The van der Waals surface area contributed by atoms with Crippen molar-refractivity contribution in [3.8, 4) is 0 Å². The van der Waals surface area contributed by atoms with Gasteiger partial charge in [-0.2, -0.15) is 0 Å². The molecule has 0 bridgehead atoms. The molecule has 0 aromatic carbocycles. The molecule has 0 saturated carbocycles. The molecule has 2 amide bonds. The highest BCUT2D eigenvalue weighted by Gasteiger charge is 2.37. The van der Waals surface area contributed by atoms with E-state index < -0.39 is 6.04 Å². The van der Waals surface area contributed by atoms with E-state index in [1.807, 2.05) is 25.7 Å². The van der Waals surface area contributed by atoms with Crippen molar-refractivity contribution in [2.45, 2.75) is 59.5 Å². The van der Waals surface area contributed by atoms with Gasteiger partial charge in [-0.25, -0.2) is 0 Å². The smallest absolute Gasteiger partial charge is 0.245 e. The van der Waals surface area contributed by atoms with Crippen LogP contribution in [0.25, 0.3) is 0 Å². The molecule has 0 aromatic heterocycles. The summed E-state index contributed by atoms with van der Waals surface area (Å²) in [7, 11) is 0. The standard InChI is InChI=1S/C13H24N2O2/c1-9-7-6-8-15(9)12(17)11(13(3,4)5)14-10(2)16/h9,11H,6-8H2,1-5H3,(H,14,16)/t9-,11?/m1/s1. The number of nitrogens with zero attached hydrogens (tertiary/aromatic N) is 1. The number of amides is 2. The third-order valence-electron chi connectivity index (χ3n) is 3.30. The van der Waals surface area contributed by atoms with Gasteiger partial charge in [-0.05, 0) is 25.2 Å². The van der Waals surface area contributed by atoms with Crippen LogP contribution in [-0.2, 0) is 9.59 Å². The Labute approximate surface area is 104 Å². The maximum atomic E-state index is 12.4. The lowest BCUT2D eigenvalue weighted by molar-refractivity contribution is -0.139. The van der Waals surface area contributed by atoms with Gasteiger partial charge in [0.05, 0.1) is 0 Å². The Kier molecular flexibility index (Phi) is 4.17. The summed E-state index contributed by atoms with van der Waals surface area (Å²) in [6, 6.07) is -0.137. The highest BCUT2D eigenvalue weighted by atomic mass is 16.2. The molecular formula is C13H24N2O2. The minimum Gasteiger partial charge on any atom is -0.344 e. The first-order chi connectivity index (χ1) is 7.73. The van der Waals surface area contributed by atoms with Crippen molar-refractivity contribution in [1.29, 1.82) is 0 Å². The summed E-state index contributed by atoms with van der Waals surface area (Å²) in [6.07, 6.45) is 2.12. The molecule has 4 heteroatoms. The van der Waals surface area contributed by atoms with Crippen LogP contribution in [0.3, 0.4) is 0 Å². The Morgan fingerprint density at radius 3 is 2.29 bits per heavy atom. The van der Waals surface area contributed by atoms with Gasteiger partial charge in [-0.3, -0.25) is 9.59 Å². The Hall–Kier alpha value is -1.06. The van der Waals surface area contributed by atoms with Gasteiger partial charge < -0.3 is 10.2 Å². The van der Waals surface area contributed by atoms with E-state index in [9.17, 15) is 9.59 Å². The first-order valence-corrected chi connectivity index (χ1v) is 6.31. The number of carbonyl (C=O) groups is 2. The van der Waals surface area contributed by atoms with Crippen molar-refractivity contribution in [3.63, 3.8) is 0 Å². The molecule has 4 nitrogen and oxygen atoms in total. The fraction of sp³-hybridized carbons (Fsp3) is 0.846. The van der Waals surface area contributed by atoms with Crippen LogP contribution in [0.1, 0.15) is 47.5 Å². The van der Waals surface area contributed by atoms with Crippen molar-refractivity contribution < 1.29 is 9.59 Å². The number of carbonyl (C=O) groups excluding carboxylic acids is 2. The molecule has 1 saturated heterocycles. The van der Waals surface area contributed by atoms with E-state index >= 15 is 0 Å². The van der Waals surface area contributed by atoms with E-state index in [-0.39, 0.29) is 17.2 Å². The van der Waals surface area contributed by atoms with E-state index in [2.05, 4.69) is 12.2 Å². The summed E-state index contributed by atoms with van der Waals surface area (Å²) in [5, 5.41) is 2.79. The molecule has 1 rings (SSSR count). The van der Waals surface area contributed by atoms with Crippen molar-refractivity contribution in [2.24, 2.45) is 5.41 Å². The van der Waals surface area contributed by atoms with E-state index in [1.165, 1.54) is 6.92 Å². The van der Waals surface area contributed by atoms with Gasteiger partial charge in [0.2, 0.25) is 11.8 Å². The second-order valence-corrected chi connectivity index (χ2v) is 6.02. The van der Waals surface area contributed by atoms with E-state index in [4.69, 9.17) is 0 Å². The topological polar surface area (TPSA) is 49.4 Å². The Bertz CT molecular complexity index is 307. The molecule has 1 heterocycles. The van der Waals surface area contributed by atoms with Crippen molar-refractivity contribution in [1.82, 2.24) is 10.2 Å². The van der Waals surface area contributed by atoms with Crippen LogP contribution in [0.15, 0.2) is 0 Å². The van der Waals surface area contributed by atoms with Gasteiger partial charge in [-0.15, -0.1) is 0 Å². The van der Waals surface area contributed by atoms with Gasteiger partial charge >= 0.3 is 0 Å². The van der Waals surface area contributed by atoms with E-state index in [0.717, 1.165) is 19.4 Å². The quantitative estimate of drug-likeness (QED) is 0.796. The lowest BCUT2D eigenvalue weighted by Crippen LogP contribution is -2.54. The van der Waals surface area contributed by atoms with Gasteiger partial charge in [0, 0.05) is 19.5 Å². The molecule has 1 aliphatic rings. The normalized spacial score (nSPS) is 22.4. The van der Waals surface area contributed by atoms with E-state index in [0.29, 0.717) is 6.04 Å². The summed E-state index contributed by atoms with van der Waals surface area (Å²) in [6.45, 7) is 10.3. The average molecular weight is 240 g/mol. The molecule has 0 aromatic rings. The molecule has 98 valence electrons. The molecule has 0 aliphatic carbocycles. The van der Waals surface area contributed by atoms with Crippen molar-refractivity contribution in [3.05, 3.63) is 0 Å². The third-order valence-corrected chi connectivity index (χ3v) is 3.30. The monoisotopic (exact) mass is 240 g/mol. The summed E-state index contributed by atoms with van der Waals surface area (Å²) in [5.41, 5.74) is -0.259. The second kappa shape index (κ2) is 5.07. The number of hydrogen-bond acceptors (Lipinski definition) is 2. The highest BCUT2D eigenvalue weighted by Crippen LogP contribution is 2.25. The lowest BCUT2D eigenvalue weighted by Gasteiger charge is -2.34. The van der Waals surface area contributed by atoms with E-state index in [1.54, 1.807) is 0 Å². The van der Waals surface area contributed by atoms with Crippen LogP contribution in [0.5, 0.6) is 0 Å².